The van der Waals surface area contributed by atoms with Gasteiger partial charge in [0.05, 0.1) is 0 Å². The molecule has 0 heterocycles. The fourth-order valence-corrected chi connectivity index (χ4v) is 1.23. The Bertz CT molecular complexity index is 365. The first-order valence-electron chi connectivity index (χ1n) is 4.75. The van der Waals surface area contributed by atoms with Gasteiger partial charge in [0.2, 0.25) is 0 Å². The van der Waals surface area contributed by atoms with Crippen LogP contribution in [0.5, 0.6) is 5.75 Å². The number of carboxylic acids is 1. The summed E-state index contributed by atoms with van der Waals surface area (Å²) in [5, 5.41) is 8.56. The third-order valence-corrected chi connectivity index (χ3v) is 1.97. The van der Waals surface area contributed by atoms with E-state index in [4.69, 9.17) is 14.6 Å². The van der Waals surface area contributed by atoms with Gasteiger partial charge in [0.1, 0.15) is 11.6 Å². The molecule has 1 rings (SSSR count). The van der Waals surface area contributed by atoms with Gasteiger partial charge in [-0.1, -0.05) is 6.07 Å². The molecular weight excluding hydrogens is 215 g/mol. The van der Waals surface area contributed by atoms with Crippen molar-refractivity contribution in [1.82, 2.24) is 0 Å². The van der Waals surface area contributed by atoms with E-state index in [2.05, 4.69) is 0 Å². The fourth-order valence-electron chi connectivity index (χ4n) is 1.23. The number of carboxylic acid groups (broad SMARTS) is 1. The Morgan fingerprint density at radius 3 is 2.88 bits per heavy atom. The van der Waals surface area contributed by atoms with Crippen molar-refractivity contribution in [3.8, 4) is 5.75 Å². The molecule has 5 heteroatoms. The first-order chi connectivity index (χ1) is 7.63. The molecule has 16 heavy (non-hydrogen) atoms. The molecule has 88 valence electrons. The molecule has 0 radical (unpaired) electrons. The average molecular weight is 228 g/mol. The van der Waals surface area contributed by atoms with Crippen molar-refractivity contribution in [2.45, 2.75) is 12.8 Å². The van der Waals surface area contributed by atoms with Crippen LogP contribution in [-0.2, 0) is 16.0 Å². The van der Waals surface area contributed by atoms with Crippen LogP contribution >= 0.6 is 0 Å². The van der Waals surface area contributed by atoms with Crippen LogP contribution in [0.4, 0.5) is 4.39 Å². The number of hydrogen-bond acceptors (Lipinski definition) is 3. The topological polar surface area (TPSA) is 55.8 Å². The Labute approximate surface area is 92.6 Å². The number of halogens is 1. The van der Waals surface area contributed by atoms with Gasteiger partial charge in [0.15, 0.2) is 6.79 Å². The highest BCUT2D eigenvalue weighted by molar-refractivity contribution is 5.67. The van der Waals surface area contributed by atoms with E-state index < -0.39 is 11.8 Å². The van der Waals surface area contributed by atoms with Gasteiger partial charge < -0.3 is 14.6 Å². The molecule has 0 bridgehead atoms. The number of aliphatic carboxylic acids is 1. The summed E-state index contributed by atoms with van der Waals surface area (Å²) in [6, 6.07) is 4.01. The van der Waals surface area contributed by atoms with Crippen molar-refractivity contribution in [2.24, 2.45) is 0 Å². The minimum atomic E-state index is -0.901. The SMILES string of the molecule is COCOc1cc(F)ccc1CCC(=O)O. The lowest BCUT2D eigenvalue weighted by atomic mass is 10.1. The third-order valence-electron chi connectivity index (χ3n) is 1.97. The van der Waals surface area contributed by atoms with Crippen LogP contribution in [-0.4, -0.2) is 25.0 Å². The number of rotatable bonds is 6. The van der Waals surface area contributed by atoms with Crippen LogP contribution in [0, 0.1) is 5.82 Å². The largest absolute Gasteiger partial charge is 0.481 e. The summed E-state index contributed by atoms with van der Waals surface area (Å²) >= 11 is 0. The van der Waals surface area contributed by atoms with Crippen LogP contribution in [0.15, 0.2) is 18.2 Å². The highest BCUT2D eigenvalue weighted by Gasteiger charge is 2.07. The van der Waals surface area contributed by atoms with Crippen LogP contribution in [0.1, 0.15) is 12.0 Å². The highest BCUT2D eigenvalue weighted by atomic mass is 19.1. The van der Waals surface area contributed by atoms with Crippen molar-refractivity contribution < 1.29 is 23.8 Å². The smallest absolute Gasteiger partial charge is 0.303 e. The normalized spacial score (nSPS) is 10.1. The van der Waals surface area contributed by atoms with E-state index in [0.717, 1.165) is 0 Å². The Hall–Kier alpha value is -1.62. The molecule has 0 spiro atoms. The van der Waals surface area contributed by atoms with E-state index in [1.165, 1.54) is 25.3 Å². The Kier molecular flexibility index (Phi) is 4.72. The first-order valence-corrected chi connectivity index (χ1v) is 4.75. The predicted molar refractivity (Wildman–Crippen MR) is 54.9 cm³/mol. The van der Waals surface area contributed by atoms with E-state index >= 15 is 0 Å². The van der Waals surface area contributed by atoms with Gasteiger partial charge in [-0.3, -0.25) is 4.79 Å². The molecule has 0 atom stereocenters. The Balaban J connectivity index is 2.76. The molecule has 0 aliphatic rings. The molecule has 0 aromatic heterocycles. The summed E-state index contributed by atoms with van der Waals surface area (Å²) in [7, 11) is 1.45. The maximum Gasteiger partial charge on any atom is 0.303 e. The number of methoxy groups -OCH3 is 1. The molecule has 1 aromatic rings. The van der Waals surface area contributed by atoms with Gasteiger partial charge in [-0.05, 0) is 18.1 Å². The number of ether oxygens (including phenoxy) is 2. The van der Waals surface area contributed by atoms with Gasteiger partial charge in [-0.2, -0.15) is 0 Å². The zero-order valence-electron chi connectivity index (χ0n) is 8.90. The first kappa shape index (κ1) is 12.4. The molecule has 1 aromatic carbocycles. The fraction of sp³-hybridized carbons (Fsp3) is 0.364. The minimum absolute atomic E-state index is 0.00350. The van der Waals surface area contributed by atoms with Crippen LogP contribution in [0.25, 0.3) is 0 Å². The molecule has 1 N–H and O–H groups in total. The number of benzene rings is 1. The quantitative estimate of drug-likeness (QED) is 0.754. The zero-order valence-corrected chi connectivity index (χ0v) is 8.90. The lowest BCUT2D eigenvalue weighted by Gasteiger charge is -2.09. The predicted octanol–water partition coefficient (Wildman–Crippen LogP) is 1.83. The van der Waals surface area contributed by atoms with Gasteiger partial charge >= 0.3 is 5.97 Å². The summed E-state index contributed by atoms with van der Waals surface area (Å²) in [6.45, 7) is 0.00350. The van der Waals surface area contributed by atoms with Crippen molar-refractivity contribution >= 4 is 5.97 Å². The van der Waals surface area contributed by atoms with Gasteiger partial charge in [0, 0.05) is 19.6 Å². The van der Waals surface area contributed by atoms with E-state index in [0.29, 0.717) is 17.7 Å². The minimum Gasteiger partial charge on any atom is -0.481 e. The Morgan fingerprint density at radius 1 is 1.50 bits per heavy atom. The second kappa shape index (κ2) is 6.07. The summed E-state index contributed by atoms with van der Waals surface area (Å²) in [4.78, 5) is 10.4. The van der Waals surface area contributed by atoms with E-state index in [-0.39, 0.29) is 13.2 Å². The zero-order chi connectivity index (χ0) is 12.0. The molecular formula is C11H13FO4. The molecule has 0 saturated carbocycles. The van der Waals surface area contributed by atoms with Gasteiger partial charge in [-0.25, -0.2) is 4.39 Å². The van der Waals surface area contributed by atoms with E-state index in [9.17, 15) is 9.18 Å². The third kappa shape index (κ3) is 3.86. The van der Waals surface area contributed by atoms with Crippen molar-refractivity contribution in [3.63, 3.8) is 0 Å². The molecule has 0 amide bonds. The number of carbonyl (C=O) groups is 1. The lowest BCUT2D eigenvalue weighted by Crippen LogP contribution is -2.04. The molecule has 0 aliphatic heterocycles. The van der Waals surface area contributed by atoms with Crippen LogP contribution in [0.2, 0.25) is 0 Å². The molecule has 0 saturated heterocycles. The van der Waals surface area contributed by atoms with Gasteiger partial charge in [-0.15, -0.1) is 0 Å². The maximum atomic E-state index is 12.9. The van der Waals surface area contributed by atoms with E-state index in [1.54, 1.807) is 0 Å². The molecule has 0 aliphatic carbocycles. The molecule has 4 nitrogen and oxygen atoms in total. The average Bonchev–Trinajstić information content (AvgIpc) is 2.24. The van der Waals surface area contributed by atoms with Crippen molar-refractivity contribution in [3.05, 3.63) is 29.6 Å². The molecule has 0 fully saturated rings. The van der Waals surface area contributed by atoms with Crippen LogP contribution < -0.4 is 4.74 Å². The summed E-state index contributed by atoms with van der Waals surface area (Å²) < 4.78 is 22.8. The summed E-state index contributed by atoms with van der Waals surface area (Å²) in [6.07, 6.45) is 0.281. The second-order valence-electron chi connectivity index (χ2n) is 3.20. The summed E-state index contributed by atoms with van der Waals surface area (Å²) in [5.74, 6) is -1.00. The van der Waals surface area contributed by atoms with Crippen molar-refractivity contribution in [1.29, 1.82) is 0 Å². The summed E-state index contributed by atoms with van der Waals surface area (Å²) in [5.41, 5.74) is 0.654. The second-order valence-corrected chi connectivity index (χ2v) is 3.20. The standard InChI is InChI=1S/C11H13FO4/c1-15-7-16-10-6-9(12)4-2-8(10)3-5-11(13)14/h2,4,6H,3,5,7H2,1H3,(H,13,14). The van der Waals surface area contributed by atoms with Gasteiger partial charge in [0.25, 0.3) is 0 Å². The highest BCUT2D eigenvalue weighted by Crippen LogP contribution is 2.21. The molecule has 0 unspecified atom stereocenters. The number of hydrogen-bond donors (Lipinski definition) is 1. The number of aryl methyl sites for hydroxylation is 1. The van der Waals surface area contributed by atoms with Crippen LogP contribution in [0.3, 0.4) is 0 Å². The maximum absolute atomic E-state index is 12.9. The van der Waals surface area contributed by atoms with E-state index in [1.807, 2.05) is 0 Å². The Morgan fingerprint density at radius 2 is 2.25 bits per heavy atom. The monoisotopic (exact) mass is 228 g/mol. The lowest BCUT2D eigenvalue weighted by molar-refractivity contribution is -0.136. The van der Waals surface area contributed by atoms with Crippen molar-refractivity contribution in [2.75, 3.05) is 13.9 Å².